The van der Waals surface area contributed by atoms with Crippen molar-refractivity contribution >= 4 is 11.4 Å². The zero-order valence-corrected chi connectivity index (χ0v) is 11.7. The number of para-hydroxylation sites is 1. The lowest BCUT2D eigenvalue weighted by Crippen LogP contribution is -2.16. The van der Waals surface area contributed by atoms with E-state index in [0.29, 0.717) is 0 Å². The summed E-state index contributed by atoms with van der Waals surface area (Å²) in [5.41, 5.74) is 9.68. The first kappa shape index (κ1) is 13.6. The van der Waals surface area contributed by atoms with Crippen molar-refractivity contribution in [1.29, 1.82) is 0 Å². The Bertz CT molecular complexity index is 490. The summed E-state index contributed by atoms with van der Waals surface area (Å²) >= 11 is 0. The Morgan fingerprint density at radius 2 is 1.47 bits per heavy atom. The highest BCUT2D eigenvalue weighted by molar-refractivity contribution is 5.63. The molecule has 0 amide bonds. The van der Waals surface area contributed by atoms with Crippen LogP contribution in [-0.2, 0) is 0 Å². The van der Waals surface area contributed by atoms with Crippen molar-refractivity contribution in [1.82, 2.24) is 0 Å². The van der Waals surface area contributed by atoms with Crippen LogP contribution >= 0.6 is 0 Å². The van der Waals surface area contributed by atoms with E-state index in [9.17, 15) is 0 Å². The van der Waals surface area contributed by atoms with E-state index in [1.54, 1.807) is 0 Å². The topological polar surface area (TPSA) is 29.3 Å². The second kappa shape index (κ2) is 6.39. The summed E-state index contributed by atoms with van der Waals surface area (Å²) in [6.07, 6.45) is 0.968. The van der Waals surface area contributed by atoms with E-state index in [2.05, 4.69) is 67.3 Å². The number of benzene rings is 2. The predicted molar refractivity (Wildman–Crippen MR) is 82.8 cm³/mol. The molecule has 2 aromatic carbocycles. The molecule has 19 heavy (non-hydrogen) atoms. The van der Waals surface area contributed by atoms with E-state index in [0.717, 1.165) is 13.0 Å². The van der Waals surface area contributed by atoms with Gasteiger partial charge >= 0.3 is 0 Å². The first-order valence-corrected chi connectivity index (χ1v) is 6.94. The first-order chi connectivity index (χ1) is 9.26. The van der Waals surface area contributed by atoms with Crippen molar-refractivity contribution in [3.63, 3.8) is 0 Å². The molecule has 0 radical (unpaired) electrons. The fourth-order valence-electron chi connectivity index (χ4n) is 2.26. The summed E-state index contributed by atoms with van der Waals surface area (Å²) in [7, 11) is 0. The molecule has 0 saturated heterocycles. The second-order valence-corrected chi connectivity index (χ2v) is 4.69. The van der Waals surface area contributed by atoms with Gasteiger partial charge < -0.3 is 10.6 Å². The van der Waals surface area contributed by atoms with Gasteiger partial charge in [-0.3, -0.25) is 0 Å². The summed E-state index contributed by atoms with van der Waals surface area (Å²) in [5, 5.41) is 0. The second-order valence-electron chi connectivity index (χ2n) is 4.69. The number of hydrogen-bond acceptors (Lipinski definition) is 2. The standard InChI is InChI=1S/C17H22N2/c1-3-17(18)14-10-12-16(13-11-14)19(4-2)15-8-6-5-7-9-15/h5-13,17H,3-4,18H2,1-2H3/t17-/m1/s1. The van der Waals surface area contributed by atoms with Crippen LogP contribution in [0, 0.1) is 0 Å². The number of hydrogen-bond donors (Lipinski definition) is 1. The number of nitrogens with zero attached hydrogens (tertiary/aromatic N) is 1. The molecule has 2 heteroatoms. The molecule has 0 aromatic heterocycles. The van der Waals surface area contributed by atoms with E-state index in [1.165, 1.54) is 16.9 Å². The van der Waals surface area contributed by atoms with Crippen LogP contribution in [0.2, 0.25) is 0 Å². The van der Waals surface area contributed by atoms with Gasteiger partial charge in [0.15, 0.2) is 0 Å². The van der Waals surface area contributed by atoms with Crippen LogP contribution < -0.4 is 10.6 Å². The van der Waals surface area contributed by atoms with Crippen LogP contribution in [-0.4, -0.2) is 6.54 Å². The molecule has 2 rings (SSSR count). The monoisotopic (exact) mass is 254 g/mol. The molecular weight excluding hydrogens is 232 g/mol. The third-order valence-corrected chi connectivity index (χ3v) is 3.46. The maximum Gasteiger partial charge on any atom is 0.0410 e. The van der Waals surface area contributed by atoms with Crippen LogP contribution in [0.4, 0.5) is 11.4 Å². The minimum atomic E-state index is 0.140. The molecule has 2 N–H and O–H groups in total. The zero-order valence-electron chi connectivity index (χ0n) is 11.7. The lowest BCUT2D eigenvalue weighted by molar-refractivity contribution is 0.698. The average molecular weight is 254 g/mol. The largest absolute Gasteiger partial charge is 0.342 e. The highest BCUT2D eigenvalue weighted by atomic mass is 15.1. The van der Waals surface area contributed by atoms with E-state index >= 15 is 0 Å². The number of anilines is 2. The fourth-order valence-corrected chi connectivity index (χ4v) is 2.26. The average Bonchev–Trinajstić information content (AvgIpc) is 2.49. The van der Waals surface area contributed by atoms with E-state index in [-0.39, 0.29) is 6.04 Å². The molecule has 0 unspecified atom stereocenters. The highest BCUT2D eigenvalue weighted by Gasteiger charge is 2.08. The molecule has 0 saturated carbocycles. The van der Waals surface area contributed by atoms with Gasteiger partial charge in [0, 0.05) is 24.0 Å². The Kier molecular flexibility index (Phi) is 4.58. The summed E-state index contributed by atoms with van der Waals surface area (Å²) in [4.78, 5) is 2.29. The molecule has 0 aliphatic heterocycles. The van der Waals surface area contributed by atoms with Gasteiger partial charge in [-0.25, -0.2) is 0 Å². The normalized spacial score (nSPS) is 12.2. The van der Waals surface area contributed by atoms with Crippen LogP contribution in [0.3, 0.4) is 0 Å². The zero-order chi connectivity index (χ0) is 13.7. The smallest absolute Gasteiger partial charge is 0.0410 e. The van der Waals surface area contributed by atoms with Gasteiger partial charge in [-0.2, -0.15) is 0 Å². The molecule has 0 aliphatic carbocycles. The van der Waals surface area contributed by atoms with Crippen molar-refractivity contribution in [3.8, 4) is 0 Å². The molecule has 2 aromatic rings. The van der Waals surface area contributed by atoms with Crippen molar-refractivity contribution in [2.24, 2.45) is 5.73 Å². The quantitative estimate of drug-likeness (QED) is 0.864. The SMILES string of the molecule is CC[C@@H](N)c1ccc(N(CC)c2ccccc2)cc1. The van der Waals surface area contributed by atoms with Crippen LogP contribution in [0.15, 0.2) is 54.6 Å². The van der Waals surface area contributed by atoms with Gasteiger partial charge in [0.1, 0.15) is 0 Å². The molecule has 1 atom stereocenters. The third-order valence-electron chi connectivity index (χ3n) is 3.46. The Morgan fingerprint density at radius 1 is 0.895 bits per heavy atom. The van der Waals surface area contributed by atoms with Crippen molar-refractivity contribution < 1.29 is 0 Å². The Hall–Kier alpha value is -1.80. The first-order valence-electron chi connectivity index (χ1n) is 6.94. The summed E-state index contributed by atoms with van der Waals surface area (Å²) in [6, 6.07) is 19.2. The third kappa shape index (κ3) is 3.15. The number of rotatable bonds is 5. The Balaban J connectivity index is 2.25. The van der Waals surface area contributed by atoms with Gasteiger partial charge in [0.2, 0.25) is 0 Å². The molecule has 100 valence electrons. The molecule has 2 nitrogen and oxygen atoms in total. The minimum Gasteiger partial charge on any atom is -0.342 e. The fraction of sp³-hybridized carbons (Fsp3) is 0.294. The van der Waals surface area contributed by atoms with Gasteiger partial charge in [0.25, 0.3) is 0 Å². The summed E-state index contributed by atoms with van der Waals surface area (Å²) in [6.45, 7) is 5.22. The van der Waals surface area contributed by atoms with Crippen LogP contribution in [0.5, 0.6) is 0 Å². The van der Waals surface area contributed by atoms with Gasteiger partial charge in [-0.1, -0.05) is 37.3 Å². The van der Waals surface area contributed by atoms with Crippen molar-refractivity contribution in [2.45, 2.75) is 26.3 Å². The van der Waals surface area contributed by atoms with E-state index in [1.807, 2.05) is 6.07 Å². The lowest BCUT2D eigenvalue weighted by atomic mass is 10.0. The van der Waals surface area contributed by atoms with Gasteiger partial charge in [-0.15, -0.1) is 0 Å². The Labute approximate surface area is 115 Å². The molecular formula is C17H22N2. The van der Waals surface area contributed by atoms with Gasteiger partial charge in [0.05, 0.1) is 0 Å². The molecule has 0 fully saturated rings. The van der Waals surface area contributed by atoms with Crippen LogP contribution in [0.1, 0.15) is 31.9 Å². The maximum absolute atomic E-state index is 6.05. The van der Waals surface area contributed by atoms with Crippen molar-refractivity contribution in [2.75, 3.05) is 11.4 Å². The van der Waals surface area contributed by atoms with E-state index < -0.39 is 0 Å². The highest BCUT2D eigenvalue weighted by Crippen LogP contribution is 2.26. The Morgan fingerprint density at radius 3 is 2.00 bits per heavy atom. The lowest BCUT2D eigenvalue weighted by Gasteiger charge is -2.24. The van der Waals surface area contributed by atoms with E-state index in [4.69, 9.17) is 5.73 Å². The number of nitrogens with two attached hydrogens (primary N) is 1. The molecule has 0 bridgehead atoms. The molecule has 0 spiro atoms. The van der Waals surface area contributed by atoms with Gasteiger partial charge in [-0.05, 0) is 43.2 Å². The van der Waals surface area contributed by atoms with Crippen molar-refractivity contribution in [3.05, 3.63) is 60.2 Å². The maximum atomic E-state index is 6.05. The summed E-state index contributed by atoms with van der Waals surface area (Å²) < 4.78 is 0. The minimum absolute atomic E-state index is 0.140. The predicted octanol–water partition coefficient (Wildman–Crippen LogP) is 4.25. The molecule has 0 heterocycles. The molecule has 0 aliphatic rings. The van der Waals surface area contributed by atoms with Crippen LogP contribution in [0.25, 0.3) is 0 Å². The summed E-state index contributed by atoms with van der Waals surface area (Å²) in [5.74, 6) is 0.